The Balaban J connectivity index is 1.58. The molecular weight excluding hydrogens is 414 g/mol. The molecule has 5 heteroatoms. The van der Waals surface area contributed by atoms with Gasteiger partial charge in [0.25, 0.3) is 0 Å². The van der Waals surface area contributed by atoms with Crippen molar-refractivity contribution in [1.29, 1.82) is 0 Å². The molecule has 0 saturated heterocycles. The summed E-state index contributed by atoms with van der Waals surface area (Å²) < 4.78 is 55.3. The molecule has 1 heterocycles. The summed E-state index contributed by atoms with van der Waals surface area (Å²) in [7, 11) is 0. The second-order valence-corrected chi connectivity index (χ2v) is 7.52. The smallest absolute Gasteiger partial charge is 0.195 e. The molecule has 0 spiro atoms. The summed E-state index contributed by atoms with van der Waals surface area (Å²) in [4.78, 5) is 4.42. The molecule has 0 bridgehead atoms. The molecule has 0 unspecified atom stereocenters. The largest absolute Gasteiger partial charge is 0.256 e. The predicted octanol–water partition coefficient (Wildman–Crippen LogP) is 7.20. The number of aryl methyl sites for hydroxylation is 1. The SMILES string of the molecule is CCCCc1ccc(-c2ccc(C#Cc3ccc4c(F)c(F)c(F)cc4c3)c(F)c2)nc1. The predicted molar refractivity (Wildman–Crippen MR) is 118 cm³/mol. The molecule has 0 saturated carbocycles. The molecule has 32 heavy (non-hydrogen) atoms. The van der Waals surface area contributed by atoms with E-state index < -0.39 is 23.3 Å². The minimum absolute atomic E-state index is 0.0433. The van der Waals surface area contributed by atoms with Gasteiger partial charge in [0.05, 0.1) is 11.3 Å². The molecule has 4 aromatic rings. The van der Waals surface area contributed by atoms with Gasteiger partial charge in [-0.25, -0.2) is 17.6 Å². The highest BCUT2D eigenvalue weighted by Gasteiger charge is 2.13. The number of fused-ring (bicyclic) bond motifs is 1. The molecular formula is C27H19F4N. The summed E-state index contributed by atoms with van der Waals surface area (Å²) in [5, 5.41) is 0.135. The average molecular weight is 433 g/mol. The van der Waals surface area contributed by atoms with Crippen LogP contribution in [0.15, 0.2) is 60.8 Å². The second-order valence-electron chi connectivity index (χ2n) is 7.52. The van der Waals surface area contributed by atoms with Crippen molar-refractivity contribution < 1.29 is 17.6 Å². The molecule has 1 nitrogen and oxygen atoms in total. The monoisotopic (exact) mass is 433 g/mol. The van der Waals surface area contributed by atoms with Crippen LogP contribution >= 0.6 is 0 Å². The molecule has 0 fully saturated rings. The number of unbranched alkanes of at least 4 members (excludes halogenated alkanes) is 1. The first-order valence-electron chi connectivity index (χ1n) is 10.3. The van der Waals surface area contributed by atoms with E-state index in [0.29, 0.717) is 16.8 Å². The molecule has 0 N–H and O–H groups in total. The molecule has 0 amide bonds. The van der Waals surface area contributed by atoms with Gasteiger partial charge in [-0.3, -0.25) is 4.98 Å². The Kier molecular flexibility index (Phi) is 6.23. The van der Waals surface area contributed by atoms with Crippen molar-refractivity contribution in [1.82, 2.24) is 4.98 Å². The topological polar surface area (TPSA) is 12.9 Å². The van der Waals surface area contributed by atoms with E-state index in [1.807, 2.05) is 18.3 Å². The van der Waals surface area contributed by atoms with E-state index in [0.717, 1.165) is 30.9 Å². The highest BCUT2D eigenvalue weighted by atomic mass is 19.2. The van der Waals surface area contributed by atoms with Crippen LogP contribution in [0.5, 0.6) is 0 Å². The van der Waals surface area contributed by atoms with E-state index in [2.05, 4.69) is 23.7 Å². The molecule has 0 radical (unpaired) electrons. The van der Waals surface area contributed by atoms with Crippen molar-refractivity contribution in [2.24, 2.45) is 0 Å². The molecule has 0 atom stereocenters. The van der Waals surface area contributed by atoms with Gasteiger partial charge in [-0.15, -0.1) is 0 Å². The molecule has 0 aliphatic heterocycles. The Morgan fingerprint density at radius 3 is 2.38 bits per heavy atom. The van der Waals surface area contributed by atoms with E-state index in [1.54, 1.807) is 12.1 Å². The van der Waals surface area contributed by atoms with Gasteiger partial charge >= 0.3 is 0 Å². The first-order valence-corrected chi connectivity index (χ1v) is 10.3. The number of pyridine rings is 1. The van der Waals surface area contributed by atoms with Gasteiger partial charge in [-0.2, -0.15) is 0 Å². The standard InChI is InChI=1S/C27H19F4N/c1-2-3-4-18-7-12-25(32-16-18)20-10-9-19(23(28)14-20)8-5-17-6-11-22-21(13-17)15-24(29)27(31)26(22)30/h6-7,9-16H,2-4H2,1H3. The third-order valence-corrected chi connectivity index (χ3v) is 5.22. The lowest BCUT2D eigenvalue weighted by atomic mass is 10.0. The maximum absolute atomic E-state index is 14.6. The summed E-state index contributed by atoms with van der Waals surface area (Å²) in [5.41, 5.74) is 3.08. The quantitative estimate of drug-likeness (QED) is 0.188. The Morgan fingerprint density at radius 2 is 1.66 bits per heavy atom. The van der Waals surface area contributed by atoms with E-state index >= 15 is 0 Å². The van der Waals surface area contributed by atoms with Gasteiger partial charge in [0.2, 0.25) is 0 Å². The molecule has 4 rings (SSSR count). The molecule has 160 valence electrons. The summed E-state index contributed by atoms with van der Waals surface area (Å²) in [5.74, 6) is 1.01. The number of benzene rings is 3. The lowest BCUT2D eigenvalue weighted by molar-refractivity contribution is 0.453. The van der Waals surface area contributed by atoms with Gasteiger partial charge in [0.15, 0.2) is 17.5 Å². The summed E-state index contributed by atoms with van der Waals surface area (Å²) in [6.07, 6.45) is 4.99. The van der Waals surface area contributed by atoms with Crippen LogP contribution in [0.2, 0.25) is 0 Å². The number of aromatic nitrogens is 1. The zero-order valence-electron chi connectivity index (χ0n) is 17.4. The van der Waals surface area contributed by atoms with Crippen LogP contribution < -0.4 is 0 Å². The van der Waals surface area contributed by atoms with Crippen molar-refractivity contribution in [2.45, 2.75) is 26.2 Å². The summed E-state index contributed by atoms with van der Waals surface area (Å²) >= 11 is 0. The minimum atomic E-state index is -1.51. The van der Waals surface area contributed by atoms with Crippen LogP contribution in [-0.4, -0.2) is 4.98 Å². The van der Waals surface area contributed by atoms with Crippen LogP contribution in [0, 0.1) is 35.1 Å². The fraction of sp³-hybridized carbons (Fsp3) is 0.148. The third kappa shape index (κ3) is 4.50. The number of hydrogen-bond donors (Lipinski definition) is 0. The van der Waals surface area contributed by atoms with Gasteiger partial charge < -0.3 is 0 Å². The van der Waals surface area contributed by atoms with Gasteiger partial charge in [-0.1, -0.05) is 43.4 Å². The highest BCUT2D eigenvalue weighted by molar-refractivity contribution is 5.84. The normalized spacial score (nSPS) is 10.8. The Hall–Kier alpha value is -3.65. The zero-order valence-corrected chi connectivity index (χ0v) is 17.4. The Morgan fingerprint density at radius 1 is 0.812 bits per heavy atom. The molecule has 0 aliphatic rings. The first-order chi connectivity index (χ1) is 15.5. The average Bonchev–Trinajstić information content (AvgIpc) is 2.80. The third-order valence-electron chi connectivity index (χ3n) is 5.22. The minimum Gasteiger partial charge on any atom is -0.256 e. The van der Waals surface area contributed by atoms with Crippen molar-refractivity contribution in [3.63, 3.8) is 0 Å². The van der Waals surface area contributed by atoms with Crippen LogP contribution in [0.25, 0.3) is 22.0 Å². The van der Waals surface area contributed by atoms with Crippen molar-refractivity contribution >= 4 is 10.8 Å². The van der Waals surface area contributed by atoms with Crippen LogP contribution in [0.1, 0.15) is 36.5 Å². The number of nitrogens with zero attached hydrogens (tertiary/aromatic N) is 1. The first kappa shape index (κ1) is 21.6. The van der Waals surface area contributed by atoms with Crippen LogP contribution in [-0.2, 0) is 6.42 Å². The van der Waals surface area contributed by atoms with Crippen molar-refractivity contribution in [3.05, 3.63) is 101 Å². The zero-order chi connectivity index (χ0) is 22.7. The van der Waals surface area contributed by atoms with E-state index in [4.69, 9.17) is 0 Å². The summed E-state index contributed by atoms with van der Waals surface area (Å²) in [6, 6.07) is 13.7. The molecule has 0 aliphatic carbocycles. The van der Waals surface area contributed by atoms with Crippen molar-refractivity contribution in [2.75, 3.05) is 0 Å². The van der Waals surface area contributed by atoms with Crippen molar-refractivity contribution in [3.8, 4) is 23.1 Å². The Bertz CT molecular complexity index is 1350. The molecule has 1 aromatic heterocycles. The van der Waals surface area contributed by atoms with Crippen LogP contribution in [0.3, 0.4) is 0 Å². The number of hydrogen-bond acceptors (Lipinski definition) is 1. The van der Waals surface area contributed by atoms with E-state index in [1.165, 1.54) is 24.3 Å². The van der Waals surface area contributed by atoms with E-state index in [-0.39, 0.29) is 16.3 Å². The highest BCUT2D eigenvalue weighted by Crippen LogP contribution is 2.24. The van der Waals surface area contributed by atoms with Gasteiger partial charge in [0.1, 0.15) is 5.82 Å². The van der Waals surface area contributed by atoms with Gasteiger partial charge in [-0.05, 0) is 60.2 Å². The fourth-order valence-corrected chi connectivity index (χ4v) is 3.42. The van der Waals surface area contributed by atoms with Gasteiger partial charge in [0, 0.05) is 22.7 Å². The maximum atomic E-state index is 14.6. The second kappa shape index (κ2) is 9.23. The van der Waals surface area contributed by atoms with E-state index in [9.17, 15) is 17.6 Å². The molecule has 3 aromatic carbocycles. The lowest BCUT2D eigenvalue weighted by Gasteiger charge is -2.05. The summed E-state index contributed by atoms with van der Waals surface area (Å²) in [6.45, 7) is 2.13. The fourth-order valence-electron chi connectivity index (χ4n) is 3.42. The van der Waals surface area contributed by atoms with Crippen LogP contribution in [0.4, 0.5) is 17.6 Å². The number of halogens is 4. The maximum Gasteiger partial charge on any atom is 0.195 e. The lowest BCUT2D eigenvalue weighted by Crippen LogP contribution is -1.92. The number of rotatable bonds is 4. The Labute approximate surface area is 183 Å².